The number of nitrogen functional groups attached to an aromatic ring is 1. The predicted molar refractivity (Wildman–Crippen MR) is 63.1 cm³/mol. The van der Waals surface area contributed by atoms with Crippen LogP contribution in [-0.2, 0) is 0 Å². The molecule has 1 rings (SSSR count). The van der Waals surface area contributed by atoms with Crippen LogP contribution in [0.15, 0.2) is 12.1 Å². The van der Waals surface area contributed by atoms with E-state index in [1.54, 1.807) is 13.0 Å². The number of hydrogen-bond donors (Lipinski definition) is 3. The minimum absolute atomic E-state index is 0.0945. The molecule has 0 spiro atoms. The molecular formula is C12H14N2O2. The zero-order valence-corrected chi connectivity index (χ0v) is 9.08. The van der Waals surface area contributed by atoms with Crippen LogP contribution in [0.25, 0.3) is 0 Å². The zero-order valence-electron chi connectivity index (χ0n) is 9.08. The Balaban J connectivity index is 3.21. The molecule has 84 valence electrons. The second-order valence-electron chi connectivity index (χ2n) is 3.42. The van der Waals surface area contributed by atoms with E-state index in [0.29, 0.717) is 18.5 Å². The maximum absolute atomic E-state index is 10.9. The Bertz CT molecular complexity index is 470. The summed E-state index contributed by atoms with van der Waals surface area (Å²) in [6.45, 7) is 2.28. The summed E-state index contributed by atoms with van der Waals surface area (Å²) >= 11 is 0. The monoisotopic (exact) mass is 218 g/mol. The summed E-state index contributed by atoms with van der Waals surface area (Å²) in [6, 6.07) is 3.30. The van der Waals surface area contributed by atoms with Gasteiger partial charge in [0.25, 0.3) is 0 Å². The van der Waals surface area contributed by atoms with Crippen LogP contribution in [-0.4, -0.2) is 17.6 Å². The molecule has 4 heteroatoms. The first-order valence-corrected chi connectivity index (χ1v) is 4.88. The molecule has 0 aliphatic carbocycles. The molecule has 0 aromatic heterocycles. The number of rotatable bonds is 2. The average Bonchev–Trinajstić information content (AvgIpc) is 2.22. The highest BCUT2D eigenvalue weighted by Crippen LogP contribution is 2.19. The third-order valence-corrected chi connectivity index (χ3v) is 2.05. The van der Waals surface area contributed by atoms with E-state index in [0.717, 1.165) is 5.56 Å². The van der Waals surface area contributed by atoms with Gasteiger partial charge in [0.2, 0.25) is 0 Å². The average molecular weight is 218 g/mol. The summed E-state index contributed by atoms with van der Waals surface area (Å²) in [5.41, 5.74) is 12.7. The van der Waals surface area contributed by atoms with Crippen LogP contribution in [0, 0.1) is 18.8 Å². The van der Waals surface area contributed by atoms with Gasteiger partial charge in [0.15, 0.2) is 0 Å². The second kappa shape index (κ2) is 5.19. The Morgan fingerprint density at radius 1 is 1.50 bits per heavy atom. The summed E-state index contributed by atoms with van der Waals surface area (Å²) in [4.78, 5) is 10.9. The van der Waals surface area contributed by atoms with Crippen molar-refractivity contribution in [1.29, 1.82) is 0 Å². The van der Waals surface area contributed by atoms with Crippen molar-refractivity contribution in [2.75, 3.05) is 12.3 Å². The summed E-state index contributed by atoms with van der Waals surface area (Å²) < 4.78 is 0. The molecular weight excluding hydrogens is 204 g/mol. The van der Waals surface area contributed by atoms with Crippen molar-refractivity contribution >= 4 is 11.7 Å². The molecule has 16 heavy (non-hydrogen) atoms. The van der Waals surface area contributed by atoms with Crippen molar-refractivity contribution < 1.29 is 9.90 Å². The Labute approximate surface area is 94.3 Å². The van der Waals surface area contributed by atoms with Gasteiger partial charge in [-0.15, -0.1) is 0 Å². The van der Waals surface area contributed by atoms with Crippen LogP contribution in [0.5, 0.6) is 0 Å². The third kappa shape index (κ3) is 2.75. The molecule has 0 unspecified atom stereocenters. The number of anilines is 1. The Morgan fingerprint density at radius 3 is 2.75 bits per heavy atom. The van der Waals surface area contributed by atoms with Crippen LogP contribution in [0.4, 0.5) is 5.69 Å². The molecule has 4 nitrogen and oxygen atoms in total. The molecule has 0 heterocycles. The lowest BCUT2D eigenvalue weighted by atomic mass is 10.0. The first kappa shape index (κ1) is 12.1. The molecule has 0 radical (unpaired) electrons. The number of benzene rings is 1. The molecule has 5 N–H and O–H groups in total. The van der Waals surface area contributed by atoms with Gasteiger partial charge in [0.1, 0.15) is 0 Å². The number of aromatic carboxylic acids is 1. The predicted octanol–water partition coefficient (Wildman–Crippen LogP) is 0.976. The van der Waals surface area contributed by atoms with Gasteiger partial charge in [-0.2, -0.15) is 0 Å². The number of aryl methyl sites for hydroxylation is 1. The zero-order chi connectivity index (χ0) is 12.1. The molecule has 0 saturated carbocycles. The molecule has 0 bridgehead atoms. The van der Waals surface area contributed by atoms with Crippen molar-refractivity contribution in [3.05, 3.63) is 28.8 Å². The molecule has 1 aromatic rings. The molecule has 0 fully saturated rings. The normalized spacial score (nSPS) is 9.38. The fourth-order valence-electron chi connectivity index (χ4n) is 1.31. The van der Waals surface area contributed by atoms with E-state index in [1.165, 1.54) is 6.07 Å². The highest BCUT2D eigenvalue weighted by molar-refractivity contribution is 5.95. The van der Waals surface area contributed by atoms with Gasteiger partial charge in [0, 0.05) is 18.5 Å². The number of nitrogens with two attached hydrogens (primary N) is 2. The molecule has 0 amide bonds. The highest BCUT2D eigenvalue weighted by atomic mass is 16.4. The topological polar surface area (TPSA) is 89.3 Å². The van der Waals surface area contributed by atoms with E-state index < -0.39 is 5.97 Å². The van der Waals surface area contributed by atoms with Gasteiger partial charge < -0.3 is 16.6 Å². The fourth-order valence-corrected chi connectivity index (χ4v) is 1.31. The Hall–Kier alpha value is -1.99. The Kier molecular flexibility index (Phi) is 3.92. The minimum atomic E-state index is -1.04. The minimum Gasteiger partial charge on any atom is -0.478 e. The summed E-state index contributed by atoms with van der Waals surface area (Å²) in [5.74, 6) is 4.63. The van der Waals surface area contributed by atoms with Crippen LogP contribution < -0.4 is 11.5 Å². The lowest BCUT2D eigenvalue weighted by molar-refractivity contribution is 0.0698. The van der Waals surface area contributed by atoms with Crippen molar-refractivity contribution in [2.24, 2.45) is 5.73 Å². The van der Waals surface area contributed by atoms with Crippen molar-refractivity contribution in [3.63, 3.8) is 0 Å². The standard InChI is InChI=1S/C12H14N2O2/c1-8-6-9(4-2-3-5-13)11(14)10(7-8)12(15)16/h6-7H,3,5,13-14H2,1H3,(H,15,16). The molecule has 0 aliphatic rings. The van der Waals surface area contributed by atoms with Gasteiger partial charge in [-0.1, -0.05) is 11.8 Å². The number of carbonyl (C=O) groups is 1. The largest absolute Gasteiger partial charge is 0.478 e. The van der Waals surface area contributed by atoms with Crippen molar-refractivity contribution in [3.8, 4) is 11.8 Å². The fraction of sp³-hybridized carbons (Fsp3) is 0.250. The SMILES string of the molecule is Cc1cc(C#CCCN)c(N)c(C(=O)O)c1. The lowest BCUT2D eigenvalue weighted by Gasteiger charge is -2.05. The Morgan fingerprint density at radius 2 is 2.19 bits per heavy atom. The van der Waals surface area contributed by atoms with Gasteiger partial charge in [-0.05, 0) is 24.6 Å². The van der Waals surface area contributed by atoms with Crippen LogP contribution in [0.1, 0.15) is 27.9 Å². The first-order valence-electron chi connectivity index (χ1n) is 4.88. The first-order chi connectivity index (χ1) is 7.56. The smallest absolute Gasteiger partial charge is 0.337 e. The third-order valence-electron chi connectivity index (χ3n) is 2.05. The number of hydrogen-bond acceptors (Lipinski definition) is 3. The van der Waals surface area contributed by atoms with Crippen molar-refractivity contribution in [1.82, 2.24) is 0 Å². The van der Waals surface area contributed by atoms with Crippen LogP contribution >= 0.6 is 0 Å². The quantitative estimate of drug-likeness (QED) is 0.510. The summed E-state index contributed by atoms with van der Waals surface area (Å²) in [7, 11) is 0. The maximum atomic E-state index is 10.9. The van der Waals surface area contributed by atoms with E-state index in [1.807, 2.05) is 0 Å². The lowest BCUT2D eigenvalue weighted by Crippen LogP contribution is -2.05. The summed E-state index contributed by atoms with van der Waals surface area (Å²) in [6.07, 6.45) is 0.565. The second-order valence-corrected chi connectivity index (χ2v) is 3.42. The van der Waals surface area contributed by atoms with Crippen LogP contribution in [0.2, 0.25) is 0 Å². The van der Waals surface area contributed by atoms with Gasteiger partial charge in [0.05, 0.1) is 11.3 Å². The molecule has 0 aliphatic heterocycles. The van der Waals surface area contributed by atoms with Crippen LogP contribution in [0.3, 0.4) is 0 Å². The van der Waals surface area contributed by atoms with Crippen molar-refractivity contribution in [2.45, 2.75) is 13.3 Å². The van der Waals surface area contributed by atoms with Gasteiger partial charge in [-0.3, -0.25) is 0 Å². The number of carboxylic acid groups (broad SMARTS) is 1. The van der Waals surface area contributed by atoms with E-state index in [9.17, 15) is 4.79 Å². The van der Waals surface area contributed by atoms with E-state index >= 15 is 0 Å². The van der Waals surface area contributed by atoms with Gasteiger partial charge >= 0.3 is 5.97 Å². The van der Waals surface area contributed by atoms with Gasteiger partial charge in [-0.25, -0.2) is 4.79 Å². The molecule has 1 aromatic carbocycles. The van der Waals surface area contributed by atoms with E-state index in [2.05, 4.69) is 11.8 Å². The summed E-state index contributed by atoms with van der Waals surface area (Å²) in [5, 5.41) is 8.94. The van der Waals surface area contributed by atoms with E-state index in [-0.39, 0.29) is 11.3 Å². The van der Waals surface area contributed by atoms with E-state index in [4.69, 9.17) is 16.6 Å². The maximum Gasteiger partial charge on any atom is 0.337 e. The molecule has 0 saturated heterocycles. The molecule has 0 atom stereocenters. The number of carboxylic acids is 1. The highest BCUT2D eigenvalue weighted by Gasteiger charge is 2.11.